The van der Waals surface area contributed by atoms with Gasteiger partial charge in [-0.25, -0.2) is 0 Å². The van der Waals surface area contributed by atoms with Gasteiger partial charge in [0.05, 0.1) is 13.2 Å². The molecule has 120 valence electrons. The van der Waals surface area contributed by atoms with E-state index in [1.54, 1.807) is 12.1 Å². The third kappa shape index (κ3) is 4.97. The number of anilines is 1. The molecule has 1 amide bonds. The Morgan fingerprint density at radius 3 is 2.61 bits per heavy atom. The lowest BCUT2D eigenvalue weighted by atomic mass is 10.1. The van der Waals surface area contributed by atoms with E-state index in [9.17, 15) is 4.79 Å². The van der Waals surface area contributed by atoms with Crippen LogP contribution in [0.15, 0.2) is 48.5 Å². The van der Waals surface area contributed by atoms with Gasteiger partial charge in [-0.15, -0.1) is 0 Å². The van der Waals surface area contributed by atoms with Crippen LogP contribution in [0.2, 0.25) is 0 Å². The van der Waals surface area contributed by atoms with Crippen molar-refractivity contribution in [3.63, 3.8) is 0 Å². The highest BCUT2D eigenvalue weighted by Gasteiger charge is 2.03. The number of aryl methyl sites for hydroxylation is 1. The summed E-state index contributed by atoms with van der Waals surface area (Å²) in [4.78, 5) is 12.0. The number of rotatable bonds is 6. The highest BCUT2D eigenvalue weighted by atomic mass is 16.5. The predicted octanol–water partition coefficient (Wildman–Crippen LogP) is 3.54. The van der Waals surface area contributed by atoms with Crippen molar-refractivity contribution in [2.45, 2.75) is 20.5 Å². The smallest absolute Gasteiger partial charge is 0.248 e. The van der Waals surface area contributed by atoms with Gasteiger partial charge >= 0.3 is 0 Å². The second kappa shape index (κ2) is 8.15. The molecule has 0 aliphatic heterocycles. The summed E-state index contributed by atoms with van der Waals surface area (Å²) in [5, 5.41) is 12.0. The second-order valence-electron chi connectivity index (χ2n) is 5.13. The Morgan fingerprint density at radius 1 is 1.22 bits per heavy atom. The summed E-state index contributed by atoms with van der Waals surface area (Å²) in [6, 6.07) is 13.0. The largest absolute Gasteiger partial charge is 0.494 e. The van der Waals surface area contributed by atoms with E-state index in [2.05, 4.69) is 5.32 Å². The Kier molecular flexibility index (Phi) is 5.94. The first-order chi connectivity index (χ1) is 11.1. The summed E-state index contributed by atoms with van der Waals surface area (Å²) >= 11 is 0. The van der Waals surface area contributed by atoms with Gasteiger partial charge in [0, 0.05) is 11.8 Å². The standard InChI is InChI=1S/C19H21NO3/c1-3-23-17-9-6-15(7-10-17)8-11-19(22)20-18-12-16(13-21)5-4-14(18)2/h4-12,21H,3,13H2,1-2H3,(H,20,22)/b11-8+. The van der Waals surface area contributed by atoms with Crippen molar-refractivity contribution in [3.8, 4) is 5.75 Å². The highest BCUT2D eigenvalue weighted by Crippen LogP contribution is 2.17. The monoisotopic (exact) mass is 311 g/mol. The van der Waals surface area contributed by atoms with Gasteiger partial charge in [0.25, 0.3) is 0 Å². The number of aliphatic hydroxyl groups is 1. The molecule has 4 heteroatoms. The molecule has 0 unspecified atom stereocenters. The third-order valence-electron chi connectivity index (χ3n) is 3.36. The first kappa shape index (κ1) is 16.8. The average Bonchev–Trinajstić information content (AvgIpc) is 2.56. The van der Waals surface area contributed by atoms with Crippen molar-refractivity contribution >= 4 is 17.7 Å². The summed E-state index contributed by atoms with van der Waals surface area (Å²) < 4.78 is 5.38. The Bertz CT molecular complexity index is 690. The molecular formula is C19H21NO3. The molecule has 0 bridgehead atoms. The van der Waals surface area contributed by atoms with Crippen molar-refractivity contribution in [1.82, 2.24) is 0 Å². The average molecular weight is 311 g/mol. The molecule has 0 aromatic heterocycles. The van der Waals surface area contributed by atoms with Crippen LogP contribution in [-0.4, -0.2) is 17.6 Å². The van der Waals surface area contributed by atoms with Crippen LogP contribution in [0.4, 0.5) is 5.69 Å². The van der Waals surface area contributed by atoms with Crippen LogP contribution in [0.1, 0.15) is 23.6 Å². The van der Waals surface area contributed by atoms with Gasteiger partial charge in [-0.2, -0.15) is 0 Å². The maximum Gasteiger partial charge on any atom is 0.248 e. The van der Waals surface area contributed by atoms with E-state index in [0.29, 0.717) is 12.3 Å². The Hall–Kier alpha value is -2.59. The van der Waals surface area contributed by atoms with E-state index in [-0.39, 0.29) is 12.5 Å². The van der Waals surface area contributed by atoms with Gasteiger partial charge in [-0.05, 0) is 54.8 Å². The first-order valence-electron chi connectivity index (χ1n) is 7.54. The summed E-state index contributed by atoms with van der Waals surface area (Å²) in [7, 11) is 0. The molecule has 0 radical (unpaired) electrons. The number of aliphatic hydroxyl groups excluding tert-OH is 1. The van der Waals surface area contributed by atoms with E-state index in [4.69, 9.17) is 9.84 Å². The number of carbonyl (C=O) groups excluding carboxylic acids is 1. The number of carbonyl (C=O) groups is 1. The molecular weight excluding hydrogens is 290 g/mol. The highest BCUT2D eigenvalue weighted by molar-refractivity contribution is 6.02. The molecule has 0 saturated carbocycles. The van der Waals surface area contributed by atoms with E-state index in [0.717, 1.165) is 22.4 Å². The minimum atomic E-state index is -0.211. The maximum atomic E-state index is 12.0. The van der Waals surface area contributed by atoms with Crippen LogP contribution in [0.3, 0.4) is 0 Å². The van der Waals surface area contributed by atoms with Gasteiger partial charge < -0.3 is 15.2 Å². The fourth-order valence-electron chi connectivity index (χ4n) is 2.09. The van der Waals surface area contributed by atoms with Gasteiger partial charge in [0.1, 0.15) is 5.75 Å². The zero-order chi connectivity index (χ0) is 16.7. The topological polar surface area (TPSA) is 58.6 Å². The molecule has 0 saturated heterocycles. The molecule has 0 aliphatic rings. The number of hydrogen-bond donors (Lipinski definition) is 2. The molecule has 0 fully saturated rings. The lowest BCUT2D eigenvalue weighted by Gasteiger charge is -2.08. The van der Waals surface area contributed by atoms with Crippen LogP contribution in [0, 0.1) is 6.92 Å². The van der Waals surface area contributed by atoms with Crippen LogP contribution in [-0.2, 0) is 11.4 Å². The lowest BCUT2D eigenvalue weighted by molar-refractivity contribution is -0.111. The normalized spacial score (nSPS) is 10.7. The van der Waals surface area contributed by atoms with Gasteiger partial charge in [0.2, 0.25) is 5.91 Å². The van der Waals surface area contributed by atoms with Crippen LogP contribution in [0.5, 0.6) is 5.75 Å². The van der Waals surface area contributed by atoms with Crippen molar-refractivity contribution in [2.24, 2.45) is 0 Å². The molecule has 2 N–H and O–H groups in total. The van der Waals surface area contributed by atoms with E-state index >= 15 is 0 Å². The fraction of sp³-hybridized carbons (Fsp3) is 0.211. The zero-order valence-corrected chi connectivity index (χ0v) is 13.4. The number of amides is 1. The second-order valence-corrected chi connectivity index (χ2v) is 5.13. The molecule has 2 rings (SSSR count). The molecule has 0 spiro atoms. The van der Waals surface area contributed by atoms with Crippen molar-refractivity contribution in [1.29, 1.82) is 0 Å². The summed E-state index contributed by atoms with van der Waals surface area (Å²) in [5.41, 5.74) is 3.34. The van der Waals surface area contributed by atoms with E-state index in [1.807, 2.05) is 50.2 Å². The molecule has 0 atom stereocenters. The number of hydrogen-bond acceptors (Lipinski definition) is 3. The molecule has 0 aliphatic carbocycles. The molecule has 4 nitrogen and oxygen atoms in total. The zero-order valence-electron chi connectivity index (χ0n) is 13.4. The van der Waals surface area contributed by atoms with Crippen molar-refractivity contribution in [3.05, 3.63) is 65.2 Å². The molecule has 2 aromatic carbocycles. The minimum absolute atomic E-state index is 0.0504. The van der Waals surface area contributed by atoms with Crippen molar-refractivity contribution in [2.75, 3.05) is 11.9 Å². The predicted molar refractivity (Wildman–Crippen MR) is 92.4 cm³/mol. The van der Waals surface area contributed by atoms with Gasteiger partial charge in [-0.3, -0.25) is 4.79 Å². The molecule has 0 heterocycles. The summed E-state index contributed by atoms with van der Waals surface area (Å²) in [5.74, 6) is 0.600. The number of nitrogens with one attached hydrogen (secondary N) is 1. The van der Waals surface area contributed by atoms with Gasteiger partial charge in [0.15, 0.2) is 0 Å². The number of ether oxygens (including phenoxy) is 1. The van der Waals surface area contributed by atoms with Gasteiger partial charge in [-0.1, -0.05) is 24.3 Å². The lowest BCUT2D eigenvalue weighted by Crippen LogP contribution is -2.09. The molecule has 2 aromatic rings. The quantitative estimate of drug-likeness (QED) is 0.802. The Labute approximate surface area is 136 Å². The van der Waals surface area contributed by atoms with E-state index < -0.39 is 0 Å². The van der Waals surface area contributed by atoms with Crippen LogP contribution < -0.4 is 10.1 Å². The summed E-state index contributed by atoms with van der Waals surface area (Å²) in [6.45, 7) is 4.42. The van der Waals surface area contributed by atoms with Crippen LogP contribution >= 0.6 is 0 Å². The van der Waals surface area contributed by atoms with Crippen molar-refractivity contribution < 1.29 is 14.6 Å². The minimum Gasteiger partial charge on any atom is -0.494 e. The maximum absolute atomic E-state index is 12.0. The third-order valence-corrected chi connectivity index (χ3v) is 3.36. The Balaban J connectivity index is 2.01. The number of benzene rings is 2. The first-order valence-corrected chi connectivity index (χ1v) is 7.54. The Morgan fingerprint density at radius 2 is 1.96 bits per heavy atom. The molecule has 23 heavy (non-hydrogen) atoms. The van der Waals surface area contributed by atoms with E-state index in [1.165, 1.54) is 6.08 Å². The fourth-order valence-corrected chi connectivity index (χ4v) is 2.09. The van der Waals surface area contributed by atoms with Crippen LogP contribution in [0.25, 0.3) is 6.08 Å². The SMILES string of the molecule is CCOc1ccc(/C=C/C(=O)Nc2cc(CO)ccc2C)cc1. The summed E-state index contributed by atoms with van der Waals surface area (Å²) in [6.07, 6.45) is 3.23.